The largest absolute Gasteiger partial charge is 0.481 e. The zero-order chi connectivity index (χ0) is 16.2. The summed E-state index contributed by atoms with van der Waals surface area (Å²) in [6, 6.07) is 0.0861. The number of carboxylic acids is 1. The van der Waals surface area contributed by atoms with Gasteiger partial charge in [-0.15, -0.1) is 0 Å². The molecule has 2 amide bonds. The molecule has 1 heterocycles. The minimum absolute atomic E-state index is 0.0119. The number of hydrogen-bond acceptors (Lipinski definition) is 3. The average molecular weight is 298 g/mol. The zero-order valence-corrected chi connectivity index (χ0v) is 13.3. The third-order valence-electron chi connectivity index (χ3n) is 3.78. The van der Waals surface area contributed by atoms with Crippen molar-refractivity contribution in [2.45, 2.75) is 46.6 Å². The Balaban J connectivity index is 2.50. The van der Waals surface area contributed by atoms with Crippen LogP contribution in [0.3, 0.4) is 0 Å². The standard InChI is InChI=1S/C15H26N2O4/c1-9(2)5-11(15(20)21)7-16-14(19)12-6-13(18)17(8-12)10(3)4/h9-12H,5-8H2,1-4H3,(H,16,19)(H,20,21). The van der Waals surface area contributed by atoms with Crippen LogP contribution in [0.25, 0.3) is 0 Å². The van der Waals surface area contributed by atoms with Crippen molar-refractivity contribution in [2.75, 3.05) is 13.1 Å². The molecule has 1 saturated heterocycles. The first kappa shape index (κ1) is 17.5. The third kappa shape index (κ3) is 5.02. The van der Waals surface area contributed by atoms with Crippen LogP contribution in [0.5, 0.6) is 0 Å². The lowest BCUT2D eigenvalue weighted by Crippen LogP contribution is -2.39. The quantitative estimate of drug-likeness (QED) is 0.737. The van der Waals surface area contributed by atoms with Crippen molar-refractivity contribution in [2.24, 2.45) is 17.8 Å². The molecule has 1 aliphatic heterocycles. The van der Waals surface area contributed by atoms with Crippen molar-refractivity contribution < 1.29 is 19.5 Å². The molecule has 6 heteroatoms. The SMILES string of the molecule is CC(C)CC(CNC(=O)C1CC(=O)N(C(C)C)C1)C(=O)O. The number of likely N-dealkylation sites (tertiary alicyclic amines) is 1. The Hall–Kier alpha value is -1.59. The second-order valence-corrected chi connectivity index (χ2v) is 6.45. The number of aliphatic carboxylic acids is 1. The fourth-order valence-electron chi connectivity index (χ4n) is 2.61. The highest BCUT2D eigenvalue weighted by molar-refractivity contribution is 5.89. The van der Waals surface area contributed by atoms with Crippen LogP contribution in [0.2, 0.25) is 0 Å². The number of rotatable bonds is 7. The highest BCUT2D eigenvalue weighted by atomic mass is 16.4. The molecule has 6 nitrogen and oxygen atoms in total. The van der Waals surface area contributed by atoms with Gasteiger partial charge < -0.3 is 15.3 Å². The molecule has 0 aromatic carbocycles. The lowest BCUT2D eigenvalue weighted by atomic mass is 9.97. The van der Waals surface area contributed by atoms with Crippen molar-refractivity contribution in [3.05, 3.63) is 0 Å². The van der Waals surface area contributed by atoms with Crippen LogP contribution in [0.1, 0.15) is 40.5 Å². The molecule has 2 unspecified atom stereocenters. The molecule has 21 heavy (non-hydrogen) atoms. The molecule has 120 valence electrons. The summed E-state index contributed by atoms with van der Waals surface area (Å²) in [5.41, 5.74) is 0. The highest BCUT2D eigenvalue weighted by Gasteiger charge is 2.35. The minimum Gasteiger partial charge on any atom is -0.481 e. The Morgan fingerprint density at radius 1 is 1.33 bits per heavy atom. The number of hydrogen-bond donors (Lipinski definition) is 2. The van der Waals surface area contributed by atoms with Gasteiger partial charge in [-0.2, -0.15) is 0 Å². The van der Waals surface area contributed by atoms with Crippen LogP contribution in [0.15, 0.2) is 0 Å². The fourth-order valence-corrected chi connectivity index (χ4v) is 2.61. The van der Waals surface area contributed by atoms with E-state index in [1.807, 2.05) is 27.7 Å². The van der Waals surface area contributed by atoms with Gasteiger partial charge in [0, 0.05) is 25.6 Å². The molecule has 0 bridgehead atoms. The van der Waals surface area contributed by atoms with Crippen molar-refractivity contribution in [3.63, 3.8) is 0 Å². The smallest absolute Gasteiger partial charge is 0.308 e. The molecule has 0 aromatic heterocycles. The molecule has 1 aliphatic rings. The van der Waals surface area contributed by atoms with Gasteiger partial charge in [0.1, 0.15) is 0 Å². The first-order chi connectivity index (χ1) is 9.72. The summed E-state index contributed by atoms with van der Waals surface area (Å²) in [4.78, 5) is 36.7. The number of amides is 2. The second kappa shape index (κ2) is 7.43. The summed E-state index contributed by atoms with van der Waals surface area (Å²) < 4.78 is 0. The molecule has 0 radical (unpaired) electrons. The molecule has 1 fully saturated rings. The summed E-state index contributed by atoms with van der Waals surface area (Å²) in [6.45, 7) is 8.29. The van der Waals surface area contributed by atoms with Crippen molar-refractivity contribution in [3.8, 4) is 0 Å². The van der Waals surface area contributed by atoms with Gasteiger partial charge >= 0.3 is 5.97 Å². The maximum absolute atomic E-state index is 12.1. The third-order valence-corrected chi connectivity index (χ3v) is 3.78. The Bertz CT molecular complexity index is 406. The molecule has 0 aliphatic carbocycles. The van der Waals surface area contributed by atoms with Gasteiger partial charge in [-0.3, -0.25) is 14.4 Å². The molecule has 1 rings (SSSR count). The van der Waals surface area contributed by atoms with Gasteiger partial charge in [-0.1, -0.05) is 13.8 Å². The zero-order valence-electron chi connectivity index (χ0n) is 13.3. The van der Waals surface area contributed by atoms with E-state index in [1.165, 1.54) is 0 Å². The summed E-state index contributed by atoms with van der Waals surface area (Å²) >= 11 is 0. The van der Waals surface area contributed by atoms with Gasteiger partial charge in [0.05, 0.1) is 11.8 Å². The van der Waals surface area contributed by atoms with E-state index in [0.717, 1.165) is 0 Å². The monoisotopic (exact) mass is 298 g/mol. The maximum atomic E-state index is 12.1. The number of nitrogens with zero attached hydrogens (tertiary/aromatic N) is 1. The van der Waals surface area contributed by atoms with E-state index in [0.29, 0.717) is 13.0 Å². The van der Waals surface area contributed by atoms with E-state index in [2.05, 4.69) is 5.32 Å². The Morgan fingerprint density at radius 2 is 1.95 bits per heavy atom. The Labute approximate surface area is 125 Å². The first-order valence-electron chi connectivity index (χ1n) is 7.52. The lowest BCUT2D eigenvalue weighted by Gasteiger charge is -2.21. The molecule has 2 atom stereocenters. The van der Waals surface area contributed by atoms with Crippen molar-refractivity contribution in [1.29, 1.82) is 0 Å². The van der Waals surface area contributed by atoms with Gasteiger partial charge in [0.2, 0.25) is 11.8 Å². The van der Waals surface area contributed by atoms with E-state index < -0.39 is 11.9 Å². The molecule has 2 N–H and O–H groups in total. The van der Waals surface area contributed by atoms with Gasteiger partial charge in [-0.25, -0.2) is 0 Å². The molecule has 0 aromatic rings. The minimum atomic E-state index is -0.893. The number of nitrogens with one attached hydrogen (secondary N) is 1. The maximum Gasteiger partial charge on any atom is 0.308 e. The molecule has 0 saturated carbocycles. The second-order valence-electron chi connectivity index (χ2n) is 6.45. The molecular weight excluding hydrogens is 272 g/mol. The van der Waals surface area contributed by atoms with Crippen LogP contribution in [0.4, 0.5) is 0 Å². The predicted octanol–water partition coefficient (Wildman–Crippen LogP) is 1.11. The van der Waals surface area contributed by atoms with Gasteiger partial charge in [-0.05, 0) is 26.2 Å². The number of carboxylic acid groups (broad SMARTS) is 1. The molecule has 0 spiro atoms. The number of carbonyl (C=O) groups excluding carboxylic acids is 2. The van der Waals surface area contributed by atoms with E-state index in [9.17, 15) is 14.4 Å². The number of carbonyl (C=O) groups is 3. The van der Waals surface area contributed by atoms with E-state index in [-0.39, 0.29) is 42.7 Å². The van der Waals surface area contributed by atoms with Crippen LogP contribution in [0, 0.1) is 17.8 Å². The van der Waals surface area contributed by atoms with Crippen molar-refractivity contribution >= 4 is 17.8 Å². The summed E-state index contributed by atoms with van der Waals surface area (Å²) in [5, 5.41) is 11.8. The van der Waals surface area contributed by atoms with Crippen LogP contribution < -0.4 is 5.32 Å². The average Bonchev–Trinajstić information content (AvgIpc) is 2.75. The predicted molar refractivity (Wildman–Crippen MR) is 78.5 cm³/mol. The Morgan fingerprint density at radius 3 is 2.38 bits per heavy atom. The summed E-state index contributed by atoms with van der Waals surface area (Å²) in [7, 11) is 0. The normalized spacial score (nSPS) is 20.2. The van der Waals surface area contributed by atoms with Crippen LogP contribution in [-0.2, 0) is 14.4 Å². The topological polar surface area (TPSA) is 86.7 Å². The van der Waals surface area contributed by atoms with Crippen molar-refractivity contribution in [1.82, 2.24) is 10.2 Å². The highest BCUT2D eigenvalue weighted by Crippen LogP contribution is 2.20. The summed E-state index contributed by atoms with van der Waals surface area (Å²) in [5.74, 6) is -1.81. The van der Waals surface area contributed by atoms with E-state index in [1.54, 1.807) is 4.90 Å². The van der Waals surface area contributed by atoms with Crippen LogP contribution in [-0.4, -0.2) is 46.9 Å². The summed E-state index contributed by atoms with van der Waals surface area (Å²) in [6.07, 6.45) is 0.739. The molecular formula is C15H26N2O4. The van der Waals surface area contributed by atoms with Crippen LogP contribution >= 0.6 is 0 Å². The van der Waals surface area contributed by atoms with Gasteiger partial charge in [0.25, 0.3) is 0 Å². The van der Waals surface area contributed by atoms with Gasteiger partial charge in [0.15, 0.2) is 0 Å². The fraction of sp³-hybridized carbons (Fsp3) is 0.800. The first-order valence-corrected chi connectivity index (χ1v) is 7.52. The van der Waals surface area contributed by atoms with E-state index in [4.69, 9.17) is 5.11 Å². The lowest BCUT2D eigenvalue weighted by molar-refractivity contribution is -0.142. The van der Waals surface area contributed by atoms with E-state index >= 15 is 0 Å². The Kier molecular flexibility index (Phi) is 6.18.